The maximum absolute atomic E-state index is 15.4. The number of likely N-dealkylation sites (N-methyl/N-ethyl adjacent to an activating group) is 1. The first-order valence-corrected chi connectivity index (χ1v) is 36.8. The standard InChI is InChI=1S/C37H65NO13.4C4H9.O.2Sn/c1-14-25-36(10,43)29(40)22(6)37(44)18(2)16-35(9,51-37)31(50-33-27(39)24(38(11)12)15-19(3)46-33)20(4)28(21(5)32(42)48-25)49-26-17-34(8,45-13)30(41)23(7)47-26;4*1-4(2)3;;;/h18-31,33,39-41H,14-17H2,1-13H3;4*1-3H3;;;/q-2;;;;;;2*+1/t18-,19-,20+,21-,22-,23+,24+,25-,26+,27-,28-,29-,30+,31-,33+,34-,35+,36-,37+;;;;;;;/m1......./s1. The molecule has 0 aromatic rings. The zero-order valence-corrected chi connectivity index (χ0v) is 54.0. The molecule has 0 saturated carbocycles. The van der Waals surface area contributed by atoms with Gasteiger partial charge in [-0.15, -0.1) is 0 Å². The Hall–Kier alpha value is 0.547. The summed E-state index contributed by atoms with van der Waals surface area (Å²) in [7, 11) is 5.44. The van der Waals surface area contributed by atoms with Crippen molar-refractivity contribution in [2.24, 2.45) is 23.7 Å². The number of fused-ring (bicyclic) bond motifs is 3. The van der Waals surface area contributed by atoms with Gasteiger partial charge >= 0.3 is 425 Å². The van der Waals surface area contributed by atoms with Gasteiger partial charge in [0.25, 0.3) is 0 Å². The molecule has 15 nitrogen and oxygen atoms in total. The van der Waals surface area contributed by atoms with Gasteiger partial charge in [-0.1, -0.05) is 0 Å². The van der Waals surface area contributed by atoms with Crippen LogP contribution >= 0.6 is 0 Å². The van der Waals surface area contributed by atoms with Crippen molar-refractivity contribution < 1.29 is 60.8 Å². The summed E-state index contributed by atoms with van der Waals surface area (Å²) >= 11 is -9.97. The van der Waals surface area contributed by atoms with Gasteiger partial charge in [0.1, 0.15) is 0 Å². The Balaban J connectivity index is 1.91. The zero-order chi connectivity index (χ0) is 53.7. The van der Waals surface area contributed by atoms with Crippen molar-refractivity contribution in [3.05, 3.63) is 0 Å². The van der Waals surface area contributed by atoms with E-state index in [1.54, 1.807) is 21.0 Å². The van der Waals surface area contributed by atoms with E-state index in [9.17, 15) is 15.3 Å². The summed E-state index contributed by atoms with van der Waals surface area (Å²) in [4.78, 5) is 17.4. The molecule has 0 aromatic heterocycles. The number of cyclic esters (lactones) is 1. The second-order valence-corrected chi connectivity index (χ2v) is 57.2. The predicted molar refractivity (Wildman–Crippen MR) is 274 cm³/mol. The van der Waals surface area contributed by atoms with E-state index >= 15 is 4.79 Å². The first-order chi connectivity index (χ1) is 31.6. The van der Waals surface area contributed by atoms with E-state index in [0.717, 1.165) is 0 Å². The van der Waals surface area contributed by atoms with Crippen LogP contribution in [0.15, 0.2) is 0 Å². The molecule has 5 fully saturated rings. The zero-order valence-electron chi connectivity index (χ0n) is 48.3. The van der Waals surface area contributed by atoms with Crippen LogP contribution in [0.3, 0.4) is 0 Å². The van der Waals surface area contributed by atoms with Crippen LogP contribution in [0.25, 0.3) is 0 Å². The molecule has 0 aliphatic carbocycles. The summed E-state index contributed by atoms with van der Waals surface area (Å²) in [6, 6.07) is -0.281. The van der Waals surface area contributed by atoms with E-state index < -0.39 is 154 Å². The van der Waals surface area contributed by atoms with Gasteiger partial charge in [0.05, 0.1) is 0 Å². The molecule has 5 rings (SSSR count). The first-order valence-electron chi connectivity index (χ1n) is 26.5. The fraction of sp³-hybridized carbons (Fsp3) is 0.981. The number of carbonyl (C=O) groups is 1. The Morgan fingerprint density at radius 2 is 1.29 bits per heavy atom. The molecular weight excluding hydrogens is 1110 g/mol. The number of hydrogen-bond acceptors (Lipinski definition) is 15. The van der Waals surface area contributed by atoms with Crippen LogP contribution < -0.4 is 0 Å². The summed E-state index contributed by atoms with van der Waals surface area (Å²) in [6.07, 6.45) is -7.65. The average Bonchev–Trinajstić information content (AvgIpc) is 3.50. The third-order valence-electron chi connectivity index (χ3n) is 17.5. The molecule has 0 radical (unpaired) electrons. The fourth-order valence-corrected chi connectivity index (χ4v) is 72.7. The molecule has 0 unspecified atom stereocenters. The molecule has 0 amide bonds. The molecular formula is C53H101NO14Sn2. The number of ether oxygens (including phenoxy) is 7. The third-order valence-corrected chi connectivity index (χ3v) is 56.5. The summed E-state index contributed by atoms with van der Waals surface area (Å²) in [5.41, 5.74) is -3.79. The molecule has 3 bridgehead atoms. The SMILES string of the molecule is CC[C@H]1OC(=O)[C@H](C)[C@H](O[C@H]2C[C@@](C)(OC)[C@@H](O)[C@H](C)O2)[C@H](C)[C@@H](O[C@@H]2O[C@H](C)C[C@H](N(C)C)[C@H]2O)[C@]2(C)C[C@@H](C)[C@@]3(O2)[O][Sn]([C](C)(C)C)([C](C)(C)C)[O][Sn]([C](C)(C)C)([C](C)(C)C)[O][C@@]1(C)[C@H](O)[C@H]3C. The quantitative estimate of drug-likeness (QED) is 0.163. The van der Waals surface area contributed by atoms with Crippen molar-refractivity contribution in [1.29, 1.82) is 0 Å². The predicted octanol–water partition coefficient (Wildman–Crippen LogP) is 9.11. The fourth-order valence-electron chi connectivity index (χ4n) is 13.7. The first kappa shape index (κ1) is 61.4. The monoisotopic (exact) mass is 1220 g/mol. The number of aliphatic hydroxyl groups is 3. The van der Waals surface area contributed by atoms with Gasteiger partial charge in [-0.05, 0) is 0 Å². The Morgan fingerprint density at radius 1 is 0.757 bits per heavy atom. The van der Waals surface area contributed by atoms with Gasteiger partial charge < -0.3 is 5.11 Å². The molecule has 5 aliphatic heterocycles. The number of aliphatic hydroxyl groups excluding tert-OH is 3. The van der Waals surface area contributed by atoms with Gasteiger partial charge in [-0.2, -0.15) is 0 Å². The van der Waals surface area contributed by atoms with Gasteiger partial charge in [0, 0.05) is 7.11 Å². The van der Waals surface area contributed by atoms with Crippen molar-refractivity contribution in [3.63, 3.8) is 0 Å². The summed E-state index contributed by atoms with van der Waals surface area (Å²) in [6.45, 7) is 46.0. The number of hydrogen-bond donors (Lipinski definition) is 3. The van der Waals surface area contributed by atoms with Crippen LogP contribution in [-0.2, 0) is 45.5 Å². The second-order valence-electron chi connectivity index (χ2n) is 27.3. The molecule has 17 heteroatoms. The molecule has 5 saturated heterocycles. The van der Waals surface area contributed by atoms with Crippen LogP contribution in [0, 0.1) is 23.7 Å². The molecule has 0 aromatic carbocycles. The van der Waals surface area contributed by atoms with Crippen LogP contribution in [0.2, 0.25) is 13.7 Å². The van der Waals surface area contributed by atoms with Crippen LogP contribution in [0.4, 0.5) is 0 Å². The number of nitrogens with zero attached hydrogens (tertiary/aromatic N) is 1. The molecule has 70 heavy (non-hydrogen) atoms. The number of methoxy groups -OCH3 is 1. The number of carbonyl (C=O) groups excluding carboxylic acids is 1. The Morgan fingerprint density at radius 3 is 1.77 bits per heavy atom. The van der Waals surface area contributed by atoms with Crippen molar-refractivity contribution in [3.8, 4) is 0 Å². The number of esters is 1. The van der Waals surface area contributed by atoms with Crippen molar-refractivity contribution >= 4 is 44.4 Å². The molecule has 410 valence electrons. The van der Waals surface area contributed by atoms with Crippen LogP contribution in [0.1, 0.15) is 178 Å². The second kappa shape index (κ2) is 20.7. The van der Waals surface area contributed by atoms with Gasteiger partial charge in [-0.25, -0.2) is 0 Å². The van der Waals surface area contributed by atoms with Crippen LogP contribution in [-0.4, -0.2) is 176 Å². The normalized spacial score (nSPS) is 45.7. The van der Waals surface area contributed by atoms with E-state index in [-0.39, 0.29) is 24.5 Å². The third kappa shape index (κ3) is 10.6. The minimum atomic E-state index is -5.00. The Kier molecular flexibility index (Phi) is 18.2. The summed E-state index contributed by atoms with van der Waals surface area (Å²) < 4.78 is 71.0. The molecule has 3 N–H and O–H groups in total. The van der Waals surface area contributed by atoms with Gasteiger partial charge in [0.15, 0.2) is 0 Å². The van der Waals surface area contributed by atoms with Gasteiger partial charge in [0.2, 0.25) is 0 Å². The summed E-state index contributed by atoms with van der Waals surface area (Å²) in [5, 5.41) is 37.1. The van der Waals surface area contributed by atoms with Crippen molar-refractivity contribution in [2.45, 2.75) is 282 Å². The Bertz CT molecular complexity index is 1790. The van der Waals surface area contributed by atoms with E-state index in [2.05, 4.69) is 90.0 Å². The topological polar surface area (TPSA) is 173 Å². The van der Waals surface area contributed by atoms with Crippen molar-refractivity contribution in [1.82, 2.24) is 4.90 Å². The molecule has 1 spiro atoms. The van der Waals surface area contributed by atoms with E-state index in [4.69, 9.17) is 40.7 Å². The van der Waals surface area contributed by atoms with Crippen LogP contribution in [0.5, 0.6) is 0 Å². The van der Waals surface area contributed by atoms with E-state index in [0.29, 0.717) is 19.3 Å². The minimum absolute atomic E-state index is 0.163. The number of rotatable bonds is 7. The molecule has 19 atom stereocenters. The molecule has 5 heterocycles. The average molecular weight is 1210 g/mol. The maximum atomic E-state index is 15.4. The summed E-state index contributed by atoms with van der Waals surface area (Å²) in [5.74, 6) is -4.85. The Labute approximate surface area is 434 Å². The van der Waals surface area contributed by atoms with E-state index in [1.165, 1.54) is 0 Å². The van der Waals surface area contributed by atoms with E-state index in [1.807, 2.05) is 67.5 Å². The van der Waals surface area contributed by atoms with Gasteiger partial charge in [-0.3, -0.25) is 0 Å². The van der Waals surface area contributed by atoms with Crippen molar-refractivity contribution in [2.75, 3.05) is 21.2 Å². The molecule has 5 aliphatic rings.